The Hall–Kier alpha value is -2.91. The number of rotatable bonds is 7. The molecule has 1 fully saturated rings. The van der Waals surface area contributed by atoms with E-state index >= 15 is 0 Å². The summed E-state index contributed by atoms with van der Waals surface area (Å²) < 4.78 is 21.4. The maximum atomic E-state index is 13.7. The molecule has 0 spiro atoms. The Bertz CT molecular complexity index is 1020. The predicted octanol–water partition coefficient (Wildman–Crippen LogP) is 3.70. The van der Waals surface area contributed by atoms with E-state index in [1.807, 2.05) is 4.57 Å². The van der Waals surface area contributed by atoms with Gasteiger partial charge in [0.05, 0.1) is 24.1 Å². The Kier molecular flexibility index (Phi) is 6.29. The molecule has 0 saturated carbocycles. The number of thioether (sulfide) groups is 1. The zero-order valence-electron chi connectivity index (χ0n) is 16.1. The number of ether oxygens (including phenoxy) is 1. The number of carbonyl (C=O) groups excluding carboxylic acids is 1. The van der Waals surface area contributed by atoms with Gasteiger partial charge in [-0.3, -0.25) is 9.36 Å². The highest BCUT2D eigenvalue weighted by molar-refractivity contribution is 7.99. The molecule has 1 aromatic heterocycles. The molecule has 1 unspecified atom stereocenters. The summed E-state index contributed by atoms with van der Waals surface area (Å²) in [7, 11) is 0. The summed E-state index contributed by atoms with van der Waals surface area (Å²) in [5, 5.41) is 21.3. The van der Waals surface area contributed by atoms with Crippen LogP contribution in [0.5, 0.6) is 5.75 Å². The average molecular weight is 428 g/mol. The van der Waals surface area contributed by atoms with Gasteiger partial charge in [0.2, 0.25) is 5.91 Å². The fourth-order valence-corrected chi connectivity index (χ4v) is 4.00. The predicted molar refractivity (Wildman–Crippen MR) is 112 cm³/mol. The van der Waals surface area contributed by atoms with Gasteiger partial charge >= 0.3 is 0 Å². The molecule has 1 aliphatic rings. The molecule has 156 valence electrons. The minimum Gasteiger partial charge on any atom is -0.508 e. The van der Waals surface area contributed by atoms with Crippen molar-refractivity contribution < 1.29 is 19.0 Å². The number of hydrogen-bond donors (Lipinski definition) is 2. The summed E-state index contributed by atoms with van der Waals surface area (Å²) in [4.78, 5) is 12.3. The number of phenolic OH excluding ortho intramolecular Hbond substituents is 1. The number of carbonyl (C=O) groups is 1. The summed E-state index contributed by atoms with van der Waals surface area (Å²) in [5.41, 5.74) is 0.953. The van der Waals surface area contributed by atoms with Gasteiger partial charge in [0.15, 0.2) is 11.0 Å². The highest BCUT2D eigenvalue weighted by Crippen LogP contribution is 2.27. The average Bonchev–Trinajstić information content (AvgIpc) is 3.39. The first-order valence-electron chi connectivity index (χ1n) is 9.61. The van der Waals surface area contributed by atoms with Crippen LogP contribution in [0.4, 0.5) is 10.1 Å². The summed E-state index contributed by atoms with van der Waals surface area (Å²) in [6.45, 7) is 1.30. The van der Waals surface area contributed by atoms with E-state index in [1.165, 1.54) is 23.9 Å². The second-order valence-corrected chi connectivity index (χ2v) is 7.86. The molecule has 2 aromatic carbocycles. The molecule has 1 aliphatic heterocycles. The lowest BCUT2D eigenvalue weighted by Crippen LogP contribution is -2.18. The molecular formula is C21H21FN4O3S. The number of aromatic hydroxyl groups is 1. The minimum absolute atomic E-state index is 0.0588. The molecule has 3 aromatic rings. The monoisotopic (exact) mass is 428 g/mol. The van der Waals surface area contributed by atoms with Crippen molar-refractivity contribution in [2.24, 2.45) is 0 Å². The fourth-order valence-electron chi connectivity index (χ4n) is 3.26. The van der Waals surface area contributed by atoms with Gasteiger partial charge in [0, 0.05) is 12.2 Å². The molecule has 1 amide bonds. The third kappa shape index (κ3) is 4.80. The number of hydrogen-bond acceptors (Lipinski definition) is 6. The Balaban J connectivity index is 1.51. The number of benzene rings is 2. The van der Waals surface area contributed by atoms with E-state index in [9.17, 15) is 14.3 Å². The van der Waals surface area contributed by atoms with Crippen LogP contribution in [-0.4, -0.2) is 44.2 Å². The summed E-state index contributed by atoms with van der Waals surface area (Å²) in [5.74, 6) is 0.0638. The Morgan fingerprint density at radius 3 is 2.77 bits per heavy atom. The lowest BCUT2D eigenvalue weighted by Gasteiger charge is -2.15. The van der Waals surface area contributed by atoms with E-state index < -0.39 is 5.82 Å². The number of nitrogens with zero attached hydrogens (tertiary/aromatic N) is 3. The molecule has 4 rings (SSSR count). The van der Waals surface area contributed by atoms with E-state index in [1.54, 1.807) is 36.4 Å². The first-order chi connectivity index (χ1) is 14.6. The van der Waals surface area contributed by atoms with Crippen LogP contribution in [0.15, 0.2) is 53.7 Å². The van der Waals surface area contributed by atoms with E-state index in [2.05, 4.69) is 15.5 Å². The number of nitrogens with one attached hydrogen (secondary N) is 1. The smallest absolute Gasteiger partial charge is 0.234 e. The molecule has 1 saturated heterocycles. The van der Waals surface area contributed by atoms with E-state index in [0.717, 1.165) is 25.0 Å². The van der Waals surface area contributed by atoms with Crippen molar-refractivity contribution in [3.8, 4) is 17.1 Å². The van der Waals surface area contributed by atoms with E-state index in [0.29, 0.717) is 17.5 Å². The van der Waals surface area contributed by atoms with Gasteiger partial charge in [-0.1, -0.05) is 23.9 Å². The standard InChI is InChI=1S/C21H21FN4O3S/c22-17-5-1-2-6-18(17)23-19(28)13-30-21-25-24-20(14-7-9-15(27)10-8-14)26(21)12-16-4-3-11-29-16/h1-2,5-10,16,27H,3-4,11-13H2,(H,23,28). The van der Waals surface area contributed by atoms with Crippen molar-refractivity contribution in [1.82, 2.24) is 14.8 Å². The number of phenols is 1. The quantitative estimate of drug-likeness (QED) is 0.558. The summed E-state index contributed by atoms with van der Waals surface area (Å²) in [6.07, 6.45) is 2.02. The highest BCUT2D eigenvalue weighted by Gasteiger charge is 2.22. The van der Waals surface area contributed by atoms with Crippen molar-refractivity contribution in [3.05, 3.63) is 54.3 Å². The highest BCUT2D eigenvalue weighted by atomic mass is 32.2. The molecule has 2 heterocycles. The maximum Gasteiger partial charge on any atom is 0.234 e. The van der Waals surface area contributed by atoms with Crippen LogP contribution in [-0.2, 0) is 16.1 Å². The number of halogens is 1. The van der Waals surface area contributed by atoms with Gasteiger partial charge in [-0.2, -0.15) is 0 Å². The summed E-state index contributed by atoms with van der Waals surface area (Å²) in [6, 6.07) is 12.8. The first-order valence-corrected chi connectivity index (χ1v) is 10.6. The minimum atomic E-state index is -0.480. The van der Waals surface area contributed by atoms with Crippen LogP contribution in [0, 0.1) is 5.82 Å². The van der Waals surface area contributed by atoms with Crippen LogP contribution >= 0.6 is 11.8 Å². The van der Waals surface area contributed by atoms with Crippen molar-refractivity contribution >= 4 is 23.4 Å². The number of amides is 1. The SMILES string of the molecule is O=C(CSc1nnc(-c2ccc(O)cc2)n1CC1CCCO1)Nc1ccccc1F. The van der Waals surface area contributed by atoms with Crippen molar-refractivity contribution in [2.75, 3.05) is 17.7 Å². The number of anilines is 1. The topological polar surface area (TPSA) is 89.3 Å². The lowest BCUT2D eigenvalue weighted by atomic mass is 10.2. The van der Waals surface area contributed by atoms with Crippen molar-refractivity contribution in [1.29, 1.82) is 0 Å². The zero-order valence-corrected chi connectivity index (χ0v) is 16.9. The Morgan fingerprint density at radius 2 is 2.03 bits per heavy atom. The first kappa shape index (κ1) is 20.4. The maximum absolute atomic E-state index is 13.7. The molecule has 0 bridgehead atoms. The van der Waals surface area contributed by atoms with Gasteiger partial charge in [-0.25, -0.2) is 4.39 Å². The van der Waals surface area contributed by atoms with Crippen LogP contribution < -0.4 is 5.32 Å². The van der Waals surface area contributed by atoms with Crippen molar-refractivity contribution in [3.63, 3.8) is 0 Å². The van der Waals surface area contributed by atoms with Crippen molar-refractivity contribution in [2.45, 2.75) is 30.6 Å². The second kappa shape index (κ2) is 9.27. The molecule has 9 heteroatoms. The van der Waals surface area contributed by atoms with Gasteiger partial charge in [-0.05, 0) is 49.2 Å². The van der Waals surface area contributed by atoms with Crippen LogP contribution in [0.2, 0.25) is 0 Å². The molecular weight excluding hydrogens is 407 g/mol. The number of aromatic nitrogens is 3. The number of para-hydroxylation sites is 1. The molecule has 7 nitrogen and oxygen atoms in total. The summed E-state index contributed by atoms with van der Waals surface area (Å²) >= 11 is 1.23. The molecule has 0 radical (unpaired) electrons. The fraction of sp³-hybridized carbons (Fsp3) is 0.286. The molecule has 2 N–H and O–H groups in total. The Morgan fingerprint density at radius 1 is 1.23 bits per heavy atom. The second-order valence-electron chi connectivity index (χ2n) is 6.92. The zero-order chi connectivity index (χ0) is 20.9. The van der Waals surface area contributed by atoms with Gasteiger partial charge in [-0.15, -0.1) is 10.2 Å². The van der Waals surface area contributed by atoms with E-state index in [4.69, 9.17) is 4.74 Å². The third-order valence-corrected chi connectivity index (χ3v) is 5.70. The van der Waals surface area contributed by atoms with Crippen LogP contribution in [0.1, 0.15) is 12.8 Å². The molecule has 0 aliphatic carbocycles. The third-order valence-electron chi connectivity index (χ3n) is 4.73. The van der Waals surface area contributed by atoms with Gasteiger partial charge in [0.25, 0.3) is 0 Å². The Labute approximate surface area is 177 Å². The molecule has 30 heavy (non-hydrogen) atoms. The van der Waals surface area contributed by atoms with Crippen LogP contribution in [0.3, 0.4) is 0 Å². The lowest BCUT2D eigenvalue weighted by molar-refractivity contribution is -0.113. The molecule has 1 atom stereocenters. The normalized spacial score (nSPS) is 16.0. The van der Waals surface area contributed by atoms with Crippen LogP contribution in [0.25, 0.3) is 11.4 Å². The largest absolute Gasteiger partial charge is 0.508 e. The van der Waals surface area contributed by atoms with E-state index in [-0.39, 0.29) is 29.2 Å². The van der Waals surface area contributed by atoms with Gasteiger partial charge in [0.1, 0.15) is 11.6 Å². The van der Waals surface area contributed by atoms with Gasteiger partial charge < -0.3 is 15.2 Å².